The van der Waals surface area contributed by atoms with Gasteiger partial charge in [-0.15, -0.1) is 0 Å². The first-order chi connectivity index (χ1) is 29.3. The molecule has 8 aromatic carbocycles. The molecular weight excluding hydrogens is 717 g/mol. The molecule has 2 heterocycles. The third kappa shape index (κ3) is 5.03. The van der Waals surface area contributed by atoms with Crippen molar-refractivity contribution in [1.82, 2.24) is 19.9 Å². The average Bonchev–Trinajstić information content (AvgIpc) is 3.79. The van der Waals surface area contributed by atoms with Gasteiger partial charge in [-0.25, -0.2) is 19.9 Å². The van der Waals surface area contributed by atoms with Crippen molar-refractivity contribution in [3.8, 4) is 78.9 Å². The fraction of sp³-hybridized carbons (Fsp3) is 0.0182. The van der Waals surface area contributed by atoms with Gasteiger partial charge in [0.1, 0.15) is 0 Å². The molecule has 0 unspecified atom stereocenters. The zero-order valence-corrected chi connectivity index (χ0v) is 31.9. The summed E-state index contributed by atoms with van der Waals surface area (Å²) < 4.78 is 0. The minimum atomic E-state index is -0.469. The maximum atomic E-state index is 5.66. The minimum absolute atomic E-state index is 0.469. The SMILES string of the molecule is c1ccc(-c2ccc(-c3nc(-c4ccccc4)nc(-c4ccc(-c5nc6c(c7ccccc57)C5(c7ccccc7-c7ccccc75)c5ccccc5-6)cc4)n3)cc2)cc1. The summed E-state index contributed by atoms with van der Waals surface area (Å²) in [5, 5.41) is 2.34. The number of hydrogen-bond acceptors (Lipinski definition) is 4. The molecule has 0 atom stereocenters. The molecule has 4 nitrogen and oxygen atoms in total. The van der Waals surface area contributed by atoms with E-state index in [-0.39, 0.29) is 0 Å². The van der Waals surface area contributed by atoms with Crippen LogP contribution in [0.5, 0.6) is 0 Å². The first-order valence-corrected chi connectivity index (χ1v) is 20.1. The zero-order valence-electron chi connectivity index (χ0n) is 31.9. The Hall–Kier alpha value is -7.82. The molecule has 0 saturated heterocycles. The highest BCUT2D eigenvalue weighted by Gasteiger charge is 2.53. The molecule has 274 valence electrons. The van der Waals surface area contributed by atoms with Crippen LogP contribution in [0, 0.1) is 0 Å². The van der Waals surface area contributed by atoms with Gasteiger partial charge < -0.3 is 0 Å². The summed E-state index contributed by atoms with van der Waals surface area (Å²) in [5.74, 6) is 1.89. The largest absolute Gasteiger partial charge is 0.247 e. The Bertz CT molecular complexity index is 3200. The number of aromatic nitrogens is 4. The van der Waals surface area contributed by atoms with Gasteiger partial charge in [-0.05, 0) is 44.3 Å². The van der Waals surface area contributed by atoms with Crippen LogP contribution in [0.1, 0.15) is 22.3 Å². The summed E-state index contributed by atoms with van der Waals surface area (Å²) in [7, 11) is 0. The molecule has 4 heteroatoms. The number of hydrogen-bond donors (Lipinski definition) is 0. The van der Waals surface area contributed by atoms with E-state index in [9.17, 15) is 0 Å². The minimum Gasteiger partial charge on any atom is -0.247 e. The van der Waals surface area contributed by atoms with E-state index >= 15 is 0 Å². The van der Waals surface area contributed by atoms with Gasteiger partial charge >= 0.3 is 0 Å². The van der Waals surface area contributed by atoms with E-state index in [1.165, 1.54) is 49.9 Å². The summed E-state index contributed by atoms with van der Waals surface area (Å²) in [5.41, 5.74) is 16.6. The first-order valence-electron chi connectivity index (χ1n) is 20.1. The lowest BCUT2D eigenvalue weighted by Gasteiger charge is -2.31. The molecule has 0 aliphatic heterocycles. The summed E-state index contributed by atoms with van der Waals surface area (Å²) in [6.07, 6.45) is 0. The third-order valence-corrected chi connectivity index (χ3v) is 12.2. The van der Waals surface area contributed by atoms with Crippen LogP contribution < -0.4 is 0 Å². The van der Waals surface area contributed by atoms with Gasteiger partial charge in [0.2, 0.25) is 0 Å². The van der Waals surface area contributed by atoms with Crippen LogP contribution >= 0.6 is 0 Å². The number of benzene rings is 8. The van der Waals surface area contributed by atoms with Crippen molar-refractivity contribution in [2.45, 2.75) is 5.41 Å². The van der Waals surface area contributed by atoms with Crippen molar-refractivity contribution in [2.75, 3.05) is 0 Å². The van der Waals surface area contributed by atoms with Crippen molar-refractivity contribution in [1.29, 1.82) is 0 Å². The zero-order chi connectivity index (χ0) is 38.9. The van der Waals surface area contributed by atoms with Crippen LogP contribution in [0.3, 0.4) is 0 Å². The van der Waals surface area contributed by atoms with E-state index in [2.05, 4.69) is 170 Å². The van der Waals surface area contributed by atoms with E-state index < -0.39 is 5.41 Å². The third-order valence-electron chi connectivity index (χ3n) is 12.2. The van der Waals surface area contributed by atoms with Gasteiger partial charge in [0.25, 0.3) is 0 Å². The van der Waals surface area contributed by atoms with Gasteiger partial charge in [-0.2, -0.15) is 0 Å². The summed E-state index contributed by atoms with van der Waals surface area (Å²) in [6, 6.07) is 73.0. The van der Waals surface area contributed by atoms with E-state index in [1.807, 2.05) is 36.4 Å². The molecule has 0 radical (unpaired) electrons. The molecular formula is C55H34N4. The lowest BCUT2D eigenvalue weighted by Crippen LogP contribution is -2.26. The molecule has 10 aromatic rings. The average molecular weight is 751 g/mol. The molecule has 1 spiro atoms. The molecule has 2 aliphatic carbocycles. The maximum absolute atomic E-state index is 5.66. The van der Waals surface area contributed by atoms with Gasteiger partial charge in [0.05, 0.1) is 16.8 Å². The Morgan fingerprint density at radius 2 is 0.627 bits per heavy atom. The van der Waals surface area contributed by atoms with Crippen molar-refractivity contribution in [3.63, 3.8) is 0 Å². The normalized spacial score (nSPS) is 12.9. The smallest absolute Gasteiger partial charge is 0.164 e. The molecule has 59 heavy (non-hydrogen) atoms. The van der Waals surface area contributed by atoms with Gasteiger partial charge in [-0.1, -0.05) is 206 Å². The molecule has 2 aliphatic rings. The Balaban J connectivity index is 1.00. The van der Waals surface area contributed by atoms with Crippen molar-refractivity contribution in [2.24, 2.45) is 0 Å². The Morgan fingerprint density at radius 3 is 1.19 bits per heavy atom. The van der Waals surface area contributed by atoms with Crippen LogP contribution in [0.2, 0.25) is 0 Å². The predicted molar refractivity (Wildman–Crippen MR) is 239 cm³/mol. The Kier molecular flexibility index (Phi) is 7.41. The number of pyridine rings is 1. The fourth-order valence-corrected chi connectivity index (χ4v) is 9.57. The Morgan fingerprint density at radius 1 is 0.254 bits per heavy atom. The monoisotopic (exact) mass is 750 g/mol. The van der Waals surface area contributed by atoms with Crippen LogP contribution in [-0.2, 0) is 5.41 Å². The van der Waals surface area contributed by atoms with Crippen LogP contribution in [0.25, 0.3) is 89.7 Å². The summed E-state index contributed by atoms with van der Waals surface area (Å²) in [6.45, 7) is 0. The molecule has 2 aromatic heterocycles. The predicted octanol–water partition coefficient (Wildman–Crippen LogP) is 13.1. The van der Waals surface area contributed by atoms with E-state index in [1.54, 1.807) is 0 Å². The Labute approximate surface area is 342 Å². The van der Waals surface area contributed by atoms with Crippen molar-refractivity contribution >= 4 is 10.8 Å². The van der Waals surface area contributed by atoms with E-state index in [0.717, 1.165) is 44.6 Å². The van der Waals surface area contributed by atoms with Crippen LogP contribution in [-0.4, -0.2) is 19.9 Å². The van der Waals surface area contributed by atoms with Gasteiger partial charge in [0, 0.05) is 38.8 Å². The van der Waals surface area contributed by atoms with Crippen molar-refractivity contribution < 1.29 is 0 Å². The standard InChI is InChI=1S/C55H34N4/c1-3-15-35(16-4-1)36-27-31-39(32-28-36)53-57-52(38-17-5-2-6-18-38)58-54(59-53)40-33-29-37(30-34-40)50-44-22-8-7-21-43(44)49-51(56-50)45-23-11-14-26-48(45)55(49)46-24-12-9-19-41(46)42-20-10-13-25-47(42)55/h1-34H. The highest BCUT2D eigenvalue weighted by atomic mass is 15.0. The topological polar surface area (TPSA) is 51.6 Å². The molecule has 0 bridgehead atoms. The number of rotatable bonds is 5. The second-order valence-corrected chi connectivity index (χ2v) is 15.3. The lowest BCUT2D eigenvalue weighted by atomic mass is 9.69. The van der Waals surface area contributed by atoms with Gasteiger partial charge in [0.15, 0.2) is 17.5 Å². The first kappa shape index (κ1) is 33.3. The molecule has 0 amide bonds. The van der Waals surface area contributed by atoms with E-state index in [0.29, 0.717) is 17.5 Å². The second-order valence-electron chi connectivity index (χ2n) is 15.3. The van der Waals surface area contributed by atoms with Gasteiger partial charge in [-0.3, -0.25) is 0 Å². The van der Waals surface area contributed by atoms with Crippen molar-refractivity contribution in [3.05, 3.63) is 229 Å². The van der Waals surface area contributed by atoms with Crippen LogP contribution in [0.4, 0.5) is 0 Å². The second kappa shape index (κ2) is 13.1. The summed E-state index contributed by atoms with van der Waals surface area (Å²) in [4.78, 5) is 20.7. The highest BCUT2D eigenvalue weighted by Crippen LogP contribution is 2.64. The fourth-order valence-electron chi connectivity index (χ4n) is 9.57. The lowest BCUT2D eigenvalue weighted by molar-refractivity contribution is 0.799. The summed E-state index contributed by atoms with van der Waals surface area (Å²) >= 11 is 0. The van der Waals surface area contributed by atoms with Crippen LogP contribution in [0.15, 0.2) is 206 Å². The number of nitrogens with zero attached hydrogens (tertiary/aromatic N) is 4. The maximum Gasteiger partial charge on any atom is 0.164 e. The molecule has 0 saturated carbocycles. The molecule has 0 N–H and O–H groups in total. The van der Waals surface area contributed by atoms with E-state index in [4.69, 9.17) is 19.9 Å². The highest BCUT2D eigenvalue weighted by molar-refractivity contribution is 6.06. The quantitative estimate of drug-likeness (QED) is 0.176. The number of fused-ring (bicyclic) bond motifs is 12. The molecule has 0 fully saturated rings. The molecule has 12 rings (SSSR count).